The maximum atomic E-state index is 5.80. The molecular weight excluding hydrogens is 206 g/mol. The molecule has 3 N–H and O–H groups in total. The van der Waals surface area contributed by atoms with E-state index >= 15 is 0 Å². The van der Waals surface area contributed by atoms with Crippen molar-refractivity contribution >= 4 is 11.3 Å². The maximum absolute atomic E-state index is 5.80. The van der Waals surface area contributed by atoms with Crippen molar-refractivity contribution in [1.82, 2.24) is 10.3 Å². The highest BCUT2D eigenvalue weighted by Gasteiger charge is 2.16. The summed E-state index contributed by atoms with van der Waals surface area (Å²) in [5.41, 5.74) is 5.80. The molecule has 0 fully saturated rings. The molecule has 3 atom stereocenters. The predicted octanol–water partition coefficient (Wildman–Crippen LogP) is 1.70. The number of aromatic nitrogens is 1. The number of nitrogens with zero attached hydrogens (tertiary/aromatic N) is 1. The summed E-state index contributed by atoms with van der Waals surface area (Å²) in [5.74, 6) is 0.586. The molecule has 1 aliphatic carbocycles. The molecule has 15 heavy (non-hydrogen) atoms. The molecule has 3 unspecified atom stereocenters. The Morgan fingerprint density at radius 3 is 3.13 bits per heavy atom. The number of hydrogen-bond donors (Lipinski definition) is 2. The molecule has 3 nitrogen and oxygen atoms in total. The fourth-order valence-corrected chi connectivity index (χ4v) is 2.49. The third kappa shape index (κ3) is 2.87. The zero-order valence-electron chi connectivity index (χ0n) is 8.89. The normalized spacial score (nSPS) is 27.1. The summed E-state index contributed by atoms with van der Waals surface area (Å²) in [6.07, 6.45) is 7.23. The van der Waals surface area contributed by atoms with Gasteiger partial charge in [-0.25, -0.2) is 4.98 Å². The first-order chi connectivity index (χ1) is 7.25. The van der Waals surface area contributed by atoms with Gasteiger partial charge in [-0.3, -0.25) is 0 Å². The van der Waals surface area contributed by atoms with Gasteiger partial charge in [-0.15, -0.1) is 11.3 Å². The van der Waals surface area contributed by atoms with Crippen LogP contribution in [0, 0.1) is 5.92 Å². The van der Waals surface area contributed by atoms with Gasteiger partial charge in [0.25, 0.3) is 0 Å². The number of thiazole rings is 1. The Hall–Kier alpha value is -0.710. The van der Waals surface area contributed by atoms with Gasteiger partial charge in [0, 0.05) is 24.2 Å². The zero-order valence-corrected chi connectivity index (χ0v) is 9.70. The largest absolute Gasteiger partial charge is 0.324 e. The van der Waals surface area contributed by atoms with E-state index < -0.39 is 0 Å². The second kappa shape index (κ2) is 4.88. The SMILES string of the molecule is CC(NCC1C=CC(N)C1)c1nccs1. The molecular formula is C11H17N3S. The van der Waals surface area contributed by atoms with E-state index in [-0.39, 0.29) is 6.04 Å². The molecule has 0 spiro atoms. The van der Waals surface area contributed by atoms with Crippen LogP contribution in [-0.4, -0.2) is 17.6 Å². The molecule has 0 saturated heterocycles. The van der Waals surface area contributed by atoms with Crippen LogP contribution in [0.4, 0.5) is 0 Å². The third-order valence-corrected chi connectivity index (χ3v) is 3.67. The first-order valence-electron chi connectivity index (χ1n) is 5.32. The highest BCUT2D eigenvalue weighted by Crippen LogP contribution is 2.18. The molecule has 0 amide bonds. The lowest BCUT2D eigenvalue weighted by Crippen LogP contribution is -2.26. The van der Waals surface area contributed by atoms with Gasteiger partial charge >= 0.3 is 0 Å². The highest BCUT2D eigenvalue weighted by atomic mass is 32.1. The van der Waals surface area contributed by atoms with Gasteiger partial charge in [0.2, 0.25) is 0 Å². The zero-order chi connectivity index (χ0) is 10.7. The Morgan fingerprint density at radius 2 is 2.53 bits per heavy atom. The number of hydrogen-bond acceptors (Lipinski definition) is 4. The molecule has 0 bridgehead atoms. The van der Waals surface area contributed by atoms with Crippen molar-refractivity contribution in [3.8, 4) is 0 Å². The first kappa shape index (κ1) is 10.8. The van der Waals surface area contributed by atoms with E-state index in [0.717, 1.165) is 18.0 Å². The van der Waals surface area contributed by atoms with Crippen LogP contribution in [0.25, 0.3) is 0 Å². The Balaban J connectivity index is 1.77. The Labute approximate surface area is 94.4 Å². The molecule has 1 aliphatic rings. The van der Waals surface area contributed by atoms with Gasteiger partial charge in [-0.05, 0) is 19.3 Å². The topological polar surface area (TPSA) is 50.9 Å². The summed E-state index contributed by atoms with van der Waals surface area (Å²) in [6, 6.07) is 0.599. The van der Waals surface area contributed by atoms with E-state index in [1.54, 1.807) is 11.3 Å². The molecule has 1 heterocycles. The molecule has 0 aromatic carbocycles. The second-order valence-electron chi connectivity index (χ2n) is 4.04. The molecule has 1 aromatic heterocycles. The fourth-order valence-electron chi connectivity index (χ4n) is 1.82. The van der Waals surface area contributed by atoms with Crippen LogP contribution in [0.1, 0.15) is 24.4 Å². The Bertz CT molecular complexity index is 321. The van der Waals surface area contributed by atoms with E-state index in [1.807, 2.05) is 11.6 Å². The van der Waals surface area contributed by atoms with Gasteiger partial charge in [-0.1, -0.05) is 12.2 Å². The smallest absolute Gasteiger partial charge is 0.109 e. The molecule has 4 heteroatoms. The van der Waals surface area contributed by atoms with Crippen molar-refractivity contribution < 1.29 is 0 Å². The van der Waals surface area contributed by atoms with E-state index in [4.69, 9.17) is 5.73 Å². The highest BCUT2D eigenvalue weighted by molar-refractivity contribution is 7.09. The van der Waals surface area contributed by atoms with E-state index in [1.165, 1.54) is 0 Å². The van der Waals surface area contributed by atoms with Gasteiger partial charge in [0.15, 0.2) is 0 Å². The van der Waals surface area contributed by atoms with Crippen molar-refractivity contribution in [2.45, 2.75) is 25.4 Å². The van der Waals surface area contributed by atoms with Gasteiger partial charge < -0.3 is 11.1 Å². The average Bonchev–Trinajstić information content (AvgIpc) is 2.84. The summed E-state index contributed by atoms with van der Waals surface area (Å²) in [7, 11) is 0. The lowest BCUT2D eigenvalue weighted by molar-refractivity contribution is 0.483. The summed E-state index contributed by atoms with van der Waals surface area (Å²) in [6.45, 7) is 3.14. The monoisotopic (exact) mass is 223 g/mol. The predicted molar refractivity (Wildman–Crippen MR) is 63.8 cm³/mol. The minimum absolute atomic E-state index is 0.256. The van der Waals surface area contributed by atoms with Crippen LogP contribution in [0.15, 0.2) is 23.7 Å². The lowest BCUT2D eigenvalue weighted by Gasteiger charge is -2.14. The number of rotatable bonds is 4. The molecule has 2 rings (SSSR count). The summed E-state index contributed by atoms with van der Waals surface area (Å²) in [5, 5.41) is 6.66. The average molecular weight is 223 g/mol. The van der Waals surface area contributed by atoms with E-state index in [2.05, 4.69) is 29.4 Å². The third-order valence-electron chi connectivity index (χ3n) is 2.71. The molecule has 0 radical (unpaired) electrons. The van der Waals surface area contributed by atoms with Crippen molar-refractivity contribution in [3.05, 3.63) is 28.7 Å². The van der Waals surface area contributed by atoms with Gasteiger partial charge in [-0.2, -0.15) is 0 Å². The van der Waals surface area contributed by atoms with Crippen LogP contribution in [0.5, 0.6) is 0 Å². The van der Waals surface area contributed by atoms with Crippen molar-refractivity contribution in [1.29, 1.82) is 0 Å². The molecule has 82 valence electrons. The van der Waals surface area contributed by atoms with E-state index in [0.29, 0.717) is 12.0 Å². The molecule has 0 saturated carbocycles. The summed E-state index contributed by atoms with van der Waals surface area (Å²) >= 11 is 1.70. The van der Waals surface area contributed by atoms with Gasteiger partial charge in [0.1, 0.15) is 5.01 Å². The van der Waals surface area contributed by atoms with Crippen molar-refractivity contribution in [2.24, 2.45) is 11.7 Å². The summed E-state index contributed by atoms with van der Waals surface area (Å²) in [4.78, 5) is 4.29. The van der Waals surface area contributed by atoms with Crippen LogP contribution < -0.4 is 11.1 Å². The van der Waals surface area contributed by atoms with Crippen LogP contribution in [0.3, 0.4) is 0 Å². The van der Waals surface area contributed by atoms with Crippen molar-refractivity contribution in [2.75, 3.05) is 6.54 Å². The lowest BCUT2D eigenvalue weighted by atomic mass is 10.1. The fraction of sp³-hybridized carbons (Fsp3) is 0.545. The molecule has 1 aromatic rings. The minimum atomic E-state index is 0.256. The number of nitrogens with two attached hydrogens (primary N) is 1. The minimum Gasteiger partial charge on any atom is -0.324 e. The summed E-state index contributed by atoms with van der Waals surface area (Å²) < 4.78 is 0. The first-order valence-corrected chi connectivity index (χ1v) is 6.20. The second-order valence-corrected chi connectivity index (χ2v) is 4.97. The van der Waals surface area contributed by atoms with Crippen LogP contribution in [-0.2, 0) is 0 Å². The van der Waals surface area contributed by atoms with Crippen LogP contribution >= 0.6 is 11.3 Å². The standard InChI is InChI=1S/C11H17N3S/c1-8(11-13-4-5-15-11)14-7-9-2-3-10(12)6-9/h2-5,8-10,14H,6-7,12H2,1H3. The maximum Gasteiger partial charge on any atom is 0.109 e. The van der Waals surface area contributed by atoms with E-state index in [9.17, 15) is 0 Å². The van der Waals surface area contributed by atoms with Gasteiger partial charge in [0.05, 0.1) is 6.04 Å². The van der Waals surface area contributed by atoms with Crippen molar-refractivity contribution in [3.63, 3.8) is 0 Å². The van der Waals surface area contributed by atoms with Crippen LogP contribution in [0.2, 0.25) is 0 Å². The quantitative estimate of drug-likeness (QED) is 0.764. The molecule has 0 aliphatic heterocycles. The Kier molecular flexibility index (Phi) is 3.51. The number of nitrogens with one attached hydrogen (secondary N) is 1. The Morgan fingerprint density at radius 1 is 1.67 bits per heavy atom.